The normalized spacial score (nSPS) is 12.1. The molecule has 0 fully saturated rings. The minimum absolute atomic E-state index is 0.133. The van der Waals surface area contributed by atoms with Gasteiger partial charge >= 0.3 is 21.6 Å². The molecule has 10 heteroatoms. The number of hydrogen-bond acceptors (Lipinski definition) is 5. The van der Waals surface area contributed by atoms with Crippen molar-refractivity contribution in [1.82, 2.24) is 0 Å². The molecule has 1 aromatic carbocycles. The lowest BCUT2D eigenvalue weighted by atomic mass is 10.3. The van der Waals surface area contributed by atoms with Gasteiger partial charge in [0.2, 0.25) is 0 Å². The lowest BCUT2D eigenvalue weighted by molar-refractivity contribution is -0.131. The Morgan fingerprint density at radius 2 is 1.89 bits per heavy atom. The summed E-state index contributed by atoms with van der Waals surface area (Å²) in [6.45, 7) is 1.09. The van der Waals surface area contributed by atoms with Gasteiger partial charge in [-0.25, -0.2) is 0 Å². The zero-order valence-corrected chi connectivity index (χ0v) is 10.8. The van der Waals surface area contributed by atoms with Crippen molar-refractivity contribution in [3.05, 3.63) is 23.2 Å². The maximum absolute atomic E-state index is 12.1. The van der Waals surface area contributed by atoms with Gasteiger partial charge in [0.25, 0.3) is 0 Å². The number of alkyl halides is 3. The first-order chi connectivity index (χ1) is 8.53. The first-order valence-electron chi connectivity index (χ1n) is 4.51. The van der Waals surface area contributed by atoms with Crippen LogP contribution < -0.4 is 8.92 Å². The minimum Gasteiger partial charge on any atom is -0.425 e. The fraction of sp³-hybridized carbons (Fsp3) is 0.222. The van der Waals surface area contributed by atoms with E-state index in [9.17, 15) is 26.4 Å². The zero-order chi connectivity index (χ0) is 14.8. The van der Waals surface area contributed by atoms with E-state index in [1.807, 2.05) is 0 Å². The number of hydrogen-bond donors (Lipinski definition) is 0. The number of benzene rings is 1. The van der Waals surface area contributed by atoms with E-state index in [4.69, 9.17) is 11.6 Å². The van der Waals surface area contributed by atoms with Gasteiger partial charge < -0.3 is 8.92 Å². The smallest absolute Gasteiger partial charge is 0.425 e. The molecule has 0 bridgehead atoms. The molecular formula is C9H6ClF3O5S. The van der Waals surface area contributed by atoms with Gasteiger partial charge in [-0.2, -0.15) is 21.6 Å². The highest BCUT2D eigenvalue weighted by atomic mass is 35.5. The highest BCUT2D eigenvalue weighted by molar-refractivity contribution is 7.88. The summed E-state index contributed by atoms with van der Waals surface area (Å²) in [4.78, 5) is 10.7. The third-order valence-corrected chi connectivity index (χ3v) is 2.92. The quantitative estimate of drug-likeness (QED) is 0.371. The summed E-state index contributed by atoms with van der Waals surface area (Å²) in [7, 11) is -5.77. The fourth-order valence-electron chi connectivity index (χ4n) is 0.945. The summed E-state index contributed by atoms with van der Waals surface area (Å²) >= 11 is 5.58. The molecule has 0 aliphatic rings. The molecule has 0 saturated heterocycles. The number of rotatable bonds is 3. The molecule has 1 aromatic rings. The van der Waals surface area contributed by atoms with Crippen LogP contribution in [0, 0.1) is 0 Å². The molecule has 0 saturated carbocycles. The molecule has 0 amide bonds. The van der Waals surface area contributed by atoms with Crippen LogP contribution in [0.3, 0.4) is 0 Å². The monoisotopic (exact) mass is 318 g/mol. The topological polar surface area (TPSA) is 69.7 Å². The third kappa shape index (κ3) is 4.00. The van der Waals surface area contributed by atoms with Gasteiger partial charge in [0.1, 0.15) is 11.5 Å². The summed E-state index contributed by atoms with van der Waals surface area (Å²) in [6.07, 6.45) is 0. The van der Waals surface area contributed by atoms with Gasteiger partial charge in [-0.3, -0.25) is 4.79 Å². The number of halogens is 4. The molecule has 0 aliphatic heterocycles. The number of carbonyl (C=O) groups is 1. The van der Waals surface area contributed by atoms with Crippen LogP contribution in [0.25, 0.3) is 0 Å². The first kappa shape index (κ1) is 15.6. The van der Waals surface area contributed by atoms with Gasteiger partial charge in [0.05, 0.1) is 5.02 Å². The summed E-state index contributed by atoms with van der Waals surface area (Å²) in [5.74, 6) is -1.48. The summed E-state index contributed by atoms with van der Waals surface area (Å²) in [6, 6.07) is 2.65. The van der Waals surface area contributed by atoms with E-state index < -0.39 is 27.3 Å². The molecular weight excluding hydrogens is 313 g/mol. The Labute approximate surface area is 111 Å². The fourth-order valence-corrected chi connectivity index (χ4v) is 1.61. The number of ether oxygens (including phenoxy) is 1. The van der Waals surface area contributed by atoms with Gasteiger partial charge in [-0.1, -0.05) is 11.6 Å². The Bertz CT molecular complexity index is 596. The minimum atomic E-state index is -5.77. The van der Waals surface area contributed by atoms with Crippen molar-refractivity contribution >= 4 is 27.7 Å². The molecule has 106 valence electrons. The Kier molecular flexibility index (Phi) is 4.31. The van der Waals surface area contributed by atoms with E-state index in [-0.39, 0.29) is 10.8 Å². The highest BCUT2D eigenvalue weighted by Crippen LogP contribution is 2.32. The van der Waals surface area contributed by atoms with E-state index in [0.29, 0.717) is 0 Å². The zero-order valence-electron chi connectivity index (χ0n) is 9.19. The van der Waals surface area contributed by atoms with E-state index in [2.05, 4.69) is 8.92 Å². The first-order valence-corrected chi connectivity index (χ1v) is 6.30. The molecule has 19 heavy (non-hydrogen) atoms. The van der Waals surface area contributed by atoms with Crippen LogP contribution in [-0.2, 0) is 14.9 Å². The second kappa shape index (κ2) is 5.25. The molecule has 0 radical (unpaired) electrons. The lowest BCUT2D eigenvalue weighted by Crippen LogP contribution is -2.28. The van der Waals surface area contributed by atoms with Crippen molar-refractivity contribution in [2.24, 2.45) is 0 Å². The summed E-state index contributed by atoms with van der Waals surface area (Å²) in [5.41, 5.74) is -5.55. The van der Waals surface area contributed by atoms with Gasteiger partial charge in [-0.15, -0.1) is 0 Å². The van der Waals surface area contributed by atoms with E-state index in [1.165, 1.54) is 0 Å². The Balaban J connectivity index is 3.00. The number of carbonyl (C=O) groups excluding carboxylic acids is 1. The molecule has 0 atom stereocenters. The van der Waals surface area contributed by atoms with Crippen molar-refractivity contribution in [1.29, 1.82) is 0 Å². The van der Waals surface area contributed by atoms with Gasteiger partial charge in [-0.05, 0) is 12.1 Å². The van der Waals surface area contributed by atoms with Crippen molar-refractivity contribution < 1.29 is 35.3 Å². The number of esters is 1. The highest BCUT2D eigenvalue weighted by Gasteiger charge is 2.48. The molecule has 0 unspecified atom stereocenters. The molecule has 0 aliphatic carbocycles. The van der Waals surface area contributed by atoms with Crippen molar-refractivity contribution in [3.8, 4) is 11.5 Å². The standard InChI is InChI=1S/C9H6ClF3O5S/c1-5(14)17-8-3-2-6(4-7(8)10)18-19(15,16)9(11,12)13/h2-4H,1H3. The second-order valence-corrected chi connectivity index (χ2v) is 5.11. The molecule has 1 rings (SSSR count). The average Bonchev–Trinajstić information content (AvgIpc) is 2.19. The lowest BCUT2D eigenvalue weighted by Gasteiger charge is -2.10. The van der Waals surface area contributed by atoms with Gasteiger partial charge in [0, 0.05) is 13.0 Å². The van der Waals surface area contributed by atoms with E-state index in [1.54, 1.807) is 0 Å². The predicted octanol–water partition coefficient (Wildman–Crippen LogP) is 2.49. The van der Waals surface area contributed by atoms with Crippen LogP contribution >= 0.6 is 11.6 Å². The predicted molar refractivity (Wildman–Crippen MR) is 58.4 cm³/mol. The third-order valence-electron chi connectivity index (χ3n) is 1.65. The maximum Gasteiger partial charge on any atom is 0.534 e. The largest absolute Gasteiger partial charge is 0.534 e. The molecule has 0 heterocycles. The average molecular weight is 319 g/mol. The molecule has 5 nitrogen and oxygen atoms in total. The van der Waals surface area contributed by atoms with E-state index in [0.717, 1.165) is 25.1 Å². The van der Waals surface area contributed by atoms with Crippen LogP contribution in [0.5, 0.6) is 11.5 Å². The Morgan fingerprint density at radius 3 is 2.32 bits per heavy atom. The van der Waals surface area contributed by atoms with Crippen LogP contribution in [0.4, 0.5) is 13.2 Å². The van der Waals surface area contributed by atoms with E-state index >= 15 is 0 Å². The van der Waals surface area contributed by atoms with Crippen LogP contribution in [-0.4, -0.2) is 19.9 Å². The SMILES string of the molecule is CC(=O)Oc1ccc(OS(=O)(=O)C(F)(F)F)cc1Cl. The van der Waals surface area contributed by atoms with Crippen molar-refractivity contribution in [2.45, 2.75) is 12.4 Å². The Hall–Kier alpha value is -1.48. The molecule has 0 aromatic heterocycles. The summed E-state index contributed by atoms with van der Waals surface area (Å²) < 4.78 is 66.0. The maximum atomic E-state index is 12.1. The molecule has 0 N–H and O–H groups in total. The second-order valence-electron chi connectivity index (χ2n) is 3.17. The Morgan fingerprint density at radius 1 is 1.32 bits per heavy atom. The van der Waals surface area contributed by atoms with Crippen molar-refractivity contribution in [2.75, 3.05) is 0 Å². The molecule has 0 spiro atoms. The van der Waals surface area contributed by atoms with Crippen LogP contribution in [0.1, 0.15) is 6.92 Å². The summed E-state index contributed by atoms with van der Waals surface area (Å²) in [5, 5.41) is -0.273. The van der Waals surface area contributed by atoms with Crippen LogP contribution in [0.2, 0.25) is 5.02 Å². The van der Waals surface area contributed by atoms with Gasteiger partial charge in [0.15, 0.2) is 0 Å². The van der Waals surface area contributed by atoms with Crippen molar-refractivity contribution in [3.63, 3.8) is 0 Å². The van der Waals surface area contributed by atoms with Crippen LogP contribution in [0.15, 0.2) is 18.2 Å².